The molecular formula is C19H15F3N6O2. The molecular weight excluding hydrogens is 401 g/mol. The fourth-order valence-corrected chi connectivity index (χ4v) is 2.42. The maximum atomic E-state index is 13.0. The van der Waals surface area contributed by atoms with E-state index in [0.29, 0.717) is 5.56 Å². The summed E-state index contributed by atoms with van der Waals surface area (Å²) in [6.45, 7) is 1.54. The second kappa shape index (κ2) is 8.55. The summed E-state index contributed by atoms with van der Waals surface area (Å²) in [4.78, 5) is 31.4. The highest BCUT2D eigenvalue weighted by atomic mass is 19.4. The van der Waals surface area contributed by atoms with Crippen molar-refractivity contribution in [2.75, 3.05) is 0 Å². The number of carbonyl (C=O) groups is 2. The molecule has 0 aliphatic rings. The number of pyridine rings is 1. The van der Waals surface area contributed by atoms with Crippen LogP contribution in [0.2, 0.25) is 0 Å². The van der Waals surface area contributed by atoms with Gasteiger partial charge in [0.15, 0.2) is 5.82 Å². The van der Waals surface area contributed by atoms with Gasteiger partial charge in [0.05, 0.1) is 5.56 Å². The Labute approximate surface area is 168 Å². The van der Waals surface area contributed by atoms with Crippen LogP contribution in [-0.4, -0.2) is 31.6 Å². The van der Waals surface area contributed by atoms with Crippen molar-refractivity contribution in [3.05, 3.63) is 71.8 Å². The molecule has 0 fully saturated rings. The number of aryl methyl sites for hydroxylation is 1. The first kappa shape index (κ1) is 20.7. The molecule has 0 radical (unpaired) electrons. The average molecular weight is 416 g/mol. The number of aromatic nitrogens is 4. The highest BCUT2D eigenvalue weighted by Crippen LogP contribution is 2.32. The Morgan fingerprint density at radius 3 is 2.60 bits per heavy atom. The number of amides is 2. The summed E-state index contributed by atoms with van der Waals surface area (Å²) in [5, 5.41) is 4.03. The SMILES string of the molecule is Cc1cc(-c2ncn(/C=C\C(=O)NNC(=O)c3ccccn3)n2)cc(C(F)(F)F)c1. The first-order valence-electron chi connectivity index (χ1n) is 8.52. The first-order chi connectivity index (χ1) is 14.2. The lowest BCUT2D eigenvalue weighted by molar-refractivity contribution is -0.137. The molecule has 0 bridgehead atoms. The van der Waals surface area contributed by atoms with E-state index in [9.17, 15) is 22.8 Å². The Balaban J connectivity index is 1.64. The molecule has 1 aromatic carbocycles. The fraction of sp³-hybridized carbons (Fsp3) is 0.105. The topological polar surface area (TPSA) is 102 Å². The second-order valence-corrected chi connectivity index (χ2v) is 6.11. The maximum absolute atomic E-state index is 13.0. The minimum Gasteiger partial charge on any atom is -0.268 e. The summed E-state index contributed by atoms with van der Waals surface area (Å²) < 4.78 is 40.1. The minimum atomic E-state index is -4.49. The van der Waals surface area contributed by atoms with E-state index in [2.05, 4.69) is 25.9 Å². The van der Waals surface area contributed by atoms with Crippen LogP contribution in [0.4, 0.5) is 13.2 Å². The number of benzene rings is 1. The molecule has 0 saturated carbocycles. The zero-order chi connectivity index (χ0) is 21.7. The molecule has 0 aliphatic carbocycles. The van der Waals surface area contributed by atoms with Gasteiger partial charge in [-0.25, -0.2) is 9.67 Å². The molecule has 3 aromatic rings. The molecule has 0 unspecified atom stereocenters. The lowest BCUT2D eigenvalue weighted by atomic mass is 10.1. The normalized spacial score (nSPS) is 11.5. The number of nitrogens with zero attached hydrogens (tertiary/aromatic N) is 4. The first-order valence-corrected chi connectivity index (χ1v) is 8.52. The zero-order valence-corrected chi connectivity index (χ0v) is 15.5. The number of hydrazine groups is 1. The minimum absolute atomic E-state index is 0.0673. The number of carbonyl (C=O) groups excluding carboxylic acids is 2. The standard InChI is InChI=1S/C19H15F3N6O2/c1-12-8-13(10-14(9-12)19(20,21)22)17-24-11-28(27-17)7-5-16(29)25-26-18(30)15-4-2-3-6-23-15/h2-11H,1H3,(H,25,29)(H,26,30)/b7-5-. The van der Waals surface area contributed by atoms with Gasteiger partial charge in [0.1, 0.15) is 12.0 Å². The van der Waals surface area contributed by atoms with Gasteiger partial charge in [0.25, 0.3) is 11.8 Å². The molecule has 2 aromatic heterocycles. The van der Waals surface area contributed by atoms with E-state index in [-0.39, 0.29) is 17.1 Å². The van der Waals surface area contributed by atoms with Crippen LogP contribution in [0.25, 0.3) is 17.6 Å². The molecule has 0 atom stereocenters. The van der Waals surface area contributed by atoms with Gasteiger partial charge in [-0.2, -0.15) is 13.2 Å². The van der Waals surface area contributed by atoms with Crippen LogP contribution in [0.1, 0.15) is 21.6 Å². The van der Waals surface area contributed by atoms with Crippen LogP contribution in [0.3, 0.4) is 0 Å². The average Bonchev–Trinajstić information content (AvgIpc) is 3.19. The van der Waals surface area contributed by atoms with Gasteiger partial charge in [-0.05, 0) is 42.8 Å². The van der Waals surface area contributed by atoms with Gasteiger partial charge in [-0.15, -0.1) is 5.10 Å². The number of hydrogen-bond acceptors (Lipinski definition) is 5. The van der Waals surface area contributed by atoms with Crippen molar-refractivity contribution in [1.29, 1.82) is 0 Å². The van der Waals surface area contributed by atoms with Crippen LogP contribution in [0.5, 0.6) is 0 Å². The smallest absolute Gasteiger partial charge is 0.268 e. The van der Waals surface area contributed by atoms with Gasteiger partial charge in [-0.1, -0.05) is 6.07 Å². The Kier molecular flexibility index (Phi) is 5.90. The molecule has 0 saturated heterocycles. The van der Waals surface area contributed by atoms with E-state index >= 15 is 0 Å². The Morgan fingerprint density at radius 1 is 1.10 bits per heavy atom. The molecule has 2 N–H and O–H groups in total. The Morgan fingerprint density at radius 2 is 1.90 bits per heavy atom. The van der Waals surface area contributed by atoms with Crippen molar-refractivity contribution < 1.29 is 22.8 Å². The van der Waals surface area contributed by atoms with Crippen molar-refractivity contribution >= 4 is 18.0 Å². The van der Waals surface area contributed by atoms with E-state index in [0.717, 1.165) is 22.9 Å². The van der Waals surface area contributed by atoms with Crippen LogP contribution >= 0.6 is 0 Å². The molecule has 2 heterocycles. The third kappa shape index (κ3) is 5.28. The monoisotopic (exact) mass is 416 g/mol. The summed E-state index contributed by atoms with van der Waals surface area (Å²) >= 11 is 0. The van der Waals surface area contributed by atoms with Gasteiger partial charge in [0.2, 0.25) is 0 Å². The highest BCUT2D eigenvalue weighted by molar-refractivity contribution is 5.96. The van der Waals surface area contributed by atoms with Crippen LogP contribution in [0, 0.1) is 6.92 Å². The molecule has 0 spiro atoms. The van der Waals surface area contributed by atoms with Gasteiger partial charge in [-0.3, -0.25) is 25.4 Å². The lowest BCUT2D eigenvalue weighted by Crippen LogP contribution is -2.41. The predicted molar refractivity (Wildman–Crippen MR) is 100 cm³/mol. The lowest BCUT2D eigenvalue weighted by Gasteiger charge is -2.09. The quantitative estimate of drug-likeness (QED) is 0.503. The van der Waals surface area contributed by atoms with Crippen LogP contribution in [0.15, 0.2) is 55.0 Å². The zero-order valence-electron chi connectivity index (χ0n) is 15.5. The summed E-state index contributed by atoms with van der Waals surface area (Å²) in [6.07, 6.45) is 0.487. The van der Waals surface area contributed by atoms with E-state index < -0.39 is 23.6 Å². The van der Waals surface area contributed by atoms with Crippen molar-refractivity contribution in [2.24, 2.45) is 0 Å². The van der Waals surface area contributed by atoms with E-state index in [1.165, 1.54) is 30.9 Å². The third-order valence-corrected chi connectivity index (χ3v) is 3.75. The number of hydrogen-bond donors (Lipinski definition) is 2. The van der Waals surface area contributed by atoms with Crippen LogP contribution in [-0.2, 0) is 11.0 Å². The Hall–Kier alpha value is -4.02. The molecule has 0 aliphatic heterocycles. The number of alkyl halides is 3. The van der Waals surface area contributed by atoms with Crippen molar-refractivity contribution in [3.8, 4) is 11.4 Å². The van der Waals surface area contributed by atoms with Gasteiger partial charge < -0.3 is 0 Å². The number of nitrogens with one attached hydrogen (secondary N) is 2. The van der Waals surface area contributed by atoms with Gasteiger partial charge >= 0.3 is 6.18 Å². The largest absolute Gasteiger partial charge is 0.416 e. The summed E-state index contributed by atoms with van der Waals surface area (Å²) in [6, 6.07) is 8.26. The summed E-state index contributed by atoms with van der Waals surface area (Å²) in [5.74, 6) is -1.19. The molecule has 2 amide bonds. The Bertz CT molecular complexity index is 1090. The molecule has 11 heteroatoms. The summed E-state index contributed by atoms with van der Waals surface area (Å²) in [7, 11) is 0. The highest BCUT2D eigenvalue weighted by Gasteiger charge is 2.31. The van der Waals surface area contributed by atoms with Gasteiger partial charge in [0, 0.05) is 24.0 Å². The van der Waals surface area contributed by atoms with E-state index in [1.807, 2.05) is 0 Å². The molecule has 154 valence electrons. The van der Waals surface area contributed by atoms with Crippen molar-refractivity contribution in [2.45, 2.75) is 13.1 Å². The van der Waals surface area contributed by atoms with Crippen molar-refractivity contribution in [3.63, 3.8) is 0 Å². The van der Waals surface area contributed by atoms with E-state index in [4.69, 9.17) is 0 Å². The molecule has 3 rings (SSSR count). The van der Waals surface area contributed by atoms with Crippen LogP contribution < -0.4 is 10.9 Å². The molecule has 8 nitrogen and oxygen atoms in total. The third-order valence-electron chi connectivity index (χ3n) is 3.75. The number of halogens is 3. The summed E-state index contributed by atoms with van der Waals surface area (Å²) in [5.41, 5.74) is 4.29. The predicted octanol–water partition coefficient (Wildman–Crippen LogP) is 2.60. The number of rotatable bonds is 4. The second-order valence-electron chi connectivity index (χ2n) is 6.11. The van der Waals surface area contributed by atoms with E-state index in [1.54, 1.807) is 19.1 Å². The van der Waals surface area contributed by atoms with Crippen molar-refractivity contribution in [1.82, 2.24) is 30.6 Å². The fourth-order valence-electron chi connectivity index (χ4n) is 2.42. The molecule has 30 heavy (non-hydrogen) atoms. The maximum Gasteiger partial charge on any atom is 0.416 e.